The fourth-order valence-corrected chi connectivity index (χ4v) is 8.32. The molecule has 7 atom stereocenters. The first-order valence-electron chi connectivity index (χ1n) is 21.3. The SMILES string of the molecule is CC[C@H](C)[C@H](NC(=O)[C@H]1CCCCN1C)C(=O)N(C)[C@H](C[C@@H](OC(C)=O)c1nc(C(=O)N[C@@H](CCc2ccc(O)c(NC(=O)CCC(C)=O)c2)CC(C)C(=O)O)cs1)C(C)C. The number of aryl methyl sites for hydroxylation is 1. The summed E-state index contributed by atoms with van der Waals surface area (Å²) in [6.07, 6.45) is 3.41. The minimum absolute atomic E-state index is 0.0342. The number of piperidine rings is 1. The first-order chi connectivity index (χ1) is 28.7. The third-order valence-corrected chi connectivity index (χ3v) is 12.4. The third kappa shape index (κ3) is 15.5. The number of likely N-dealkylation sites (N-methyl/N-ethyl adjacent to an activating group) is 2. The van der Waals surface area contributed by atoms with Crippen molar-refractivity contribution in [3.8, 4) is 5.75 Å². The number of nitrogens with zero attached hydrogens (tertiary/aromatic N) is 3. The number of carbonyl (C=O) groups excluding carboxylic acids is 6. The van der Waals surface area contributed by atoms with Gasteiger partial charge in [-0.05, 0) is 82.2 Å². The van der Waals surface area contributed by atoms with Crippen LogP contribution < -0.4 is 16.0 Å². The standard InChI is InChI=1S/C44H66N6O10S/c1-10-26(4)39(48-41(56)34-13-11-12-20-49(34)8)43(57)50(9)35(25(2)3)23-37(60-29(7)52)42-47-33(24-61-42)40(55)45-31(21-27(5)44(58)59)17-15-30-16-18-36(53)32(22-30)46-38(54)19-14-28(6)51/h16,18,22,24-27,31,34-35,37,39,53H,10-15,17,19-21,23H2,1-9H3,(H,45,55)(H,46,54)(H,48,56)(H,58,59)/t26-,27?,31-,34+,35+,37+,39-/m0/s1. The summed E-state index contributed by atoms with van der Waals surface area (Å²) in [5, 5.41) is 30.5. The van der Waals surface area contributed by atoms with Crippen LogP contribution in [-0.2, 0) is 39.9 Å². The number of likely N-dealkylation sites (tertiary alicyclic amines) is 1. The summed E-state index contributed by atoms with van der Waals surface area (Å²) < 4.78 is 5.78. The molecule has 61 heavy (non-hydrogen) atoms. The number of Topliss-reactive ketones (excluding diaryl/α,β-unsaturated/α-hetero) is 1. The average molecular weight is 871 g/mol. The maximum atomic E-state index is 14.3. The minimum atomic E-state index is -1.03. The first-order valence-corrected chi connectivity index (χ1v) is 22.1. The molecule has 3 rings (SSSR count). The number of rotatable bonds is 23. The predicted molar refractivity (Wildman–Crippen MR) is 232 cm³/mol. The summed E-state index contributed by atoms with van der Waals surface area (Å²) in [5.74, 6) is -4.34. The molecule has 2 heterocycles. The van der Waals surface area contributed by atoms with E-state index in [-0.39, 0.29) is 78.3 Å². The number of phenolic OH excluding ortho intramolecular Hbond substituents is 1. The van der Waals surface area contributed by atoms with Gasteiger partial charge in [0.25, 0.3) is 5.91 Å². The Morgan fingerprint density at radius 3 is 2.33 bits per heavy atom. The molecule has 1 saturated heterocycles. The Kier molecular flexibility index (Phi) is 19.8. The largest absolute Gasteiger partial charge is 0.506 e. The molecule has 5 N–H and O–H groups in total. The van der Waals surface area contributed by atoms with E-state index in [9.17, 15) is 43.8 Å². The monoisotopic (exact) mass is 870 g/mol. The number of nitrogens with one attached hydrogen (secondary N) is 3. The number of hydrogen-bond donors (Lipinski definition) is 5. The maximum Gasteiger partial charge on any atom is 0.306 e. The summed E-state index contributed by atoms with van der Waals surface area (Å²) in [6.45, 7) is 12.8. The lowest BCUT2D eigenvalue weighted by Crippen LogP contribution is -2.58. The van der Waals surface area contributed by atoms with Gasteiger partial charge in [-0.2, -0.15) is 0 Å². The van der Waals surface area contributed by atoms with Crippen molar-refractivity contribution in [3.63, 3.8) is 0 Å². The molecule has 0 saturated carbocycles. The minimum Gasteiger partial charge on any atom is -0.506 e. The highest BCUT2D eigenvalue weighted by Gasteiger charge is 2.37. The molecule has 0 bridgehead atoms. The number of aliphatic carboxylic acids is 1. The van der Waals surface area contributed by atoms with Gasteiger partial charge in [-0.25, -0.2) is 4.98 Å². The molecule has 1 fully saturated rings. The molecule has 17 heteroatoms. The van der Waals surface area contributed by atoms with Crippen LogP contribution in [-0.4, -0.2) is 111 Å². The lowest BCUT2D eigenvalue weighted by atomic mass is 9.92. The Bertz CT molecular complexity index is 1850. The van der Waals surface area contributed by atoms with Crippen LogP contribution in [0.15, 0.2) is 23.6 Å². The highest BCUT2D eigenvalue weighted by atomic mass is 32.1. The van der Waals surface area contributed by atoms with Gasteiger partial charge in [0.1, 0.15) is 28.3 Å². The van der Waals surface area contributed by atoms with Crippen LogP contribution in [0.25, 0.3) is 0 Å². The van der Waals surface area contributed by atoms with Crippen molar-refractivity contribution in [2.75, 3.05) is 26.0 Å². The van der Waals surface area contributed by atoms with Gasteiger partial charge in [-0.3, -0.25) is 33.7 Å². The van der Waals surface area contributed by atoms with E-state index in [1.807, 2.05) is 39.6 Å². The summed E-state index contributed by atoms with van der Waals surface area (Å²) in [6, 6.07) is 2.55. The molecule has 338 valence electrons. The summed E-state index contributed by atoms with van der Waals surface area (Å²) in [5.41, 5.74) is 0.922. The van der Waals surface area contributed by atoms with Gasteiger partial charge >= 0.3 is 11.9 Å². The summed E-state index contributed by atoms with van der Waals surface area (Å²) in [4.78, 5) is 97.6. The Hall–Kier alpha value is -4.90. The smallest absolute Gasteiger partial charge is 0.306 e. The molecule has 0 aliphatic carbocycles. The lowest BCUT2D eigenvalue weighted by Gasteiger charge is -2.38. The molecule has 1 unspecified atom stereocenters. The normalized spacial score (nSPS) is 17.2. The van der Waals surface area contributed by atoms with Crippen LogP contribution >= 0.6 is 11.3 Å². The Morgan fingerprint density at radius 1 is 1.02 bits per heavy atom. The number of carboxylic acid groups (broad SMARTS) is 1. The van der Waals surface area contributed by atoms with E-state index in [0.29, 0.717) is 29.8 Å². The van der Waals surface area contributed by atoms with Crippen molar-refractivity contribution in [2.45, 2.75) is 143 Å². The van der Waals surface area contributed by atoms with E-state index in [1.165, 1.54) is 25.3 Å². The molecule has 1 aliphatic rings. The van der Waals surface area contributed by atoms with Crippen molar-refractivity contribution in [1.29, 1.82) is 0 Å². The first kappa shape index (κ1) is 50.5. The van der Waals surface area contributed by atoms with Crippen LogP contribution in [0.4, 0.5) is 5.69 Å². The van der Waals surface area contributed by atoms with Crippen LogP contribution in [0.2, 0.25) is 0 Å². The number of phenols is 1. The fourth-order valence-electron chi connectivity index (χ4n) is 7.48. The second kappa shape index (κ2) is 23.9. The zero-order valence-corrected chi connectivity index (χ0v) is 37.9. The van der Waals surface area contributed by atoms with Gasteiger partial charge in [0, 0.05) is 50.7 Å². The van der Waals surface area contributed by atoms with Crippen molar-refractivity contribution < 1.29 is 48.5 Å². The van der Waals surface area contributed by atoms with Crippen molar-refractivity contribution >= 4 is 58.4 Å². The van der Waals surface area contributed by atoms with Crippen molar-refractivity contribution in [1.82, 2.24) is 25.4 Å². The third-order valence-electron chi connectivity index (χ3n) is 11.5. The number of aromatic nitrogens is 1. The number of ether oxygens (including phenoxy) is 1. The average Bonchev–Trinajstić information content (AvgIpc) is 3.70. The van der Waals surface area contributed by atoms with Crippen LogP contribution in [0, 0.1) is 17.8 Å². The number of esters is 1. The second-order valence-corrected chi connectivity index (χ2v) is 17.7. The van der Waals surface area contributed by atoms with Gasteiger partial charge in [0.2, 0.25) is 17.7 Å². The number of ketones is 1. The second-order valence-electron chi connectivity index (χ2n) is 16.8. The zero-order chi connectivity index (χ0) is 45.6. The molecule has 1 aromatic heterocycles. The molecule has 2 aromatic rings. The fraction of sp³-hybridized carbons (Fsp3) is 0.636. The summed E-state index contributed by atoms with van der Waals surface area (Å²) in [7, 11) is 3.61. The molecule has 0 spiro atoms. The lowest BCUT2D eigenvalue weighted by molar-refractivity contribution is -0.149. The van der Waals surface area contributed by atoms with Crippen LogP contribution in [0.3, 0.4) is 0 Å². The number of anilines is 1. The Morgan fingerprint density at radius 2 is 1.72 bits per heavy atom. The van der Waals surface area contributed by atoms with Crippen molar-refractivity contribution in [3.05, 3.63) is 39.8 Å². The molecule has 4 amide bonds. The number of thiazole rings is 1. The molecule has 0 radical (unpaired) electrons. The van der Waals surface area contributed by atoms with Gasteiger partial charge in [-0.15, -0.1) is 11.3 Å². The Labute approximate surface area is 363 Å². The molecular weight excluding hydrogens is 805 g/mol. The summed E-state index contributed by atoms with van der Waals surface area (Å²) >= 11 is 1.12. The highest BCUT2D eigenvalue weighted by Crippen LogP contribution is 2.32. The molecule has 1 aliphatic heterocycles. The zero-order valence-electron chi connectivity index (χ0n) is 37.1. The van der Waals surface area contributed by atoms with Crippen LogP contribution in [0.1, 0.15) is 133 Å². The van der Waals surface area contributed by atoms with Crippen molar-refractivity contribution in [2.24, 2.45) is 17.8 Å². The maximum absolute atomic E-state index is 14.3. The van der Waals surface area contributed by atoms with E-state index in [4.69, 9.17) is 4.74 Å². The van der Waals surface area contributed by atoms with E-state index in [1.54, 1.807) is 31.0 Å². The quantitative estimate of drug-likeness (QED) is 0.0691. The number of carbonyl (C=O) groups is 7. The van der Waals surface area contributed by atoms with Gasteiger partial charge < -0.3 is 40.6 Å². The van der Waals surface area contributed by atoms with E-state index in [0.717, 1.165) is 37.1 Å². The molecular formula is C44H66N6O10S. The predicted octanol–water partition coefficient (Wildman–Crippen LogP) is 5.49. The van der Waals surface area contributed by atoms with Gasteiger partial charge in [0.05, 0.1) is 17.6 Å². The highest BCUT2D eigenvalue weighted by molar-refractivity contribution is 7.09. The number of aromatic hydroxyl groups is 1. The number of benzene rings is 1. The number of carboxylic acids is 1. The molecule has 16 nitrogen and oxygen atoms in total. The van der Waals surface area contributed by atoms with E-state index < -0.39 is 53.9 Å². The van der Waals surface area contributed by atoms with E-state index >= 15 is 0 Å². The van der Waals surface area contributed by atoms with Gasteiger partial charge in [-0.1, -0.05) is 53.5 Å². The van der Waals surface area contributed by atoms with Gasteiger partial charge in [0.15, 0.2) is 6.10 Å². The van der Waals surface area contributed by atoms with E-state index in [2.05, 4.69) is 20.9 Å². The number of hydrogen-bond acceptors (Lipinski definition) is 12. The van der Waals surface area contributed by atoms with Crippen LogP contribution in [0.5, 0.6) is 5.75 Å². The molecule has 1 aromatic carbocycles. The topological polar surface area (TPSA) is 225 Å². The Balaban J connectivity index is 1.80. The number of amides is 4.